The Morgan fingerprint density at radius 3 is 2.89 bits per heavy atom. The third-order valence-corrected chi connectivity index (χ3v) is 5.68. The second-order valence-electron chi connectivity index (χ2n) is 7.57. The van der Waals surface area contributed by atoms with Gasteiger partial charge >= 0.3 is 0 Å². The summed E-state index contributed by atoms with van der Waals surface area (Å²) in [6.45, 7) is 5.98. The lowest BCUT2D eigenvalue weighted by molar-refractivity contribution is -0.130. The zero-order valence-corrected chi connectivity index (χ0v) is 16.8. The Labute approximate surface area is 168 Å². The third kappa shape index (κ3) is 3.56. The number of hydrogen-bond acceptors (Lipinski definition) is 4. The van der Waals surface area contributed by atoms with Crippen LogP contribution in [0.3, 0.4) is 0 Å². The Bertz CT molecular complexity index is 1020. The van der Waals surface area contributed by atoms with E-state index in [4.69, 9.17) is 11.6 Å². The Morgan fingerprint density at radius 2 is 2.14 bits per heavy atom. The largest absolute Gasteiger partial charge is 0.507 e. The summed E-state index contributed by atoms with van der Waals surface area (Å²) < 4.78 is 2.11. The molecule has 0 bridgehead atoms. The highest BCUT2D eigenvalue weighted by molar-refractivity contribution is 6.31. The normalized spacial score (nSPS) is 17.2. The van der Waals surface area contributed by atoms with Crippen molar-refractivity contribution in [1.29, 1.82) is 0 Å². The summed E-state index contributed by atoms with van der Waals surface area (Å²) in [6.07, 6.45) is 4.16. The van der Waals surface area contributed by atoms with E-state index in [1.54, 1.807) is 13.0 Å². The molecule has 7 heteroatoms. The van der Waals surface area contributed by atoms with Crippen LogP contribution in [0.5, 0.6) is 5.75 Å². The van der Waals surface area contributed by atoms with Gasteiger partial charge in [-0.1, -0.05) is 11.6 Å². The summed E-state index contributed by atoms with van der Waals surface area (Å²) in [5.74, 6) is 0.659. The molecule has 0 saturated carbocycles. The molecule has 1 aliphatic rings. The van der Waals surface area contributed by atoms with Gasteiger partial charge in [0.25, 0.3) is 0 Å². The molecule has 1 amide bonds. The van der Waals surface area contributed by atoms with Crippen molar-refractivity contribution in [1.82, 2.24) is 19.7 Å². The molecule has 0 radical (unpaired) electrons. The average molecular weight is 399 g/mol. The first kappa shape index (κ1) is 18.7. The van der Waals surface area contributed by atoms with E-state index in [0.717, 1.165) is 49.1 Å². The summed E-state index contributed by atoms with van der Waals surface area (Å²) in [5.41, 5.74) is 2.94. The molecule has 2 aromatic heterocycles. The molecule has 3 aromatic rings. The Kier molecular flexibility index (Phi) is 4.98. The molecular weight excluding hydrogens is 376 g/mol. The van der Waals surface area contributed by atoms with E-state index < -0.39 is 0 Å². The number of benzene rings is 1. The molecule has 1 N–H and O–H groups in total. The van der Waals surface area contributed by atoms with E-state index in [-0.39, 0.29) is 11.7 Å². The maximum atomic E-state index is 11.7. The van der Waals surface area contributed by atoms with Gasteiger partial charge in [0.2, 0.25) is 5.91 Å². The number of carbonyl (C=O) groups is 1. The number of aryl methyl sites for hydroxylation is 1. The summed E-state index contributed by atoms with van der Waals surface area (Å²) in [4.78, 5) is 13.6. The number of aromatic nitrogens is 3. The van der Waals surface area contributed by atoms with Gasteiger partial charge < -0.3 is 14.6 Å². The number of phenolic OH excluding ortho intramolecular Hbond substituents is 1. The van der Waals surface area contributed by atoms with Crippen molar-refractivity contribution in [3.8, 4) is 17.0 Å². The van der Waals surface area contributed by atoms with E-state index in [2.05, 4.69) is 14.8 Å². The first-order valence-corrected chi connectivity index (χ1v) is 9.87. The molecule has 0 spiro atoms. The highest BCUT2D eigenvalue weighted by Gasteiger charge is 2.22. The zero-order chi connectivity index (χ0) is 19.8. The summed E-state index contributed by atoms with van der Waals surface area (Å²) in [5, 5.41) is 20.6. The number of phenols is 1. The van der Waals surface area contributed by atoms with Crippen molar-refractivity contribution >= 4 is 28.5 Å². The lowest BCUT2D eigenvalue weighted by atomic mass is 9.98. The Hall–Kier alpha value is -2.60. The third-order valence-electron chi connectivity index (χ3n) is 5.46. The van der Waals surface area contributed by atoms with Crippen molar-refractivity contribution in [2.75, 3.05) is 13.1 Å². The number of fused-ring (bicyclic) bond motifs is 1. The van der Waals surface area contributed by atoms with Crippen LogP contribution in [0, 0.1) is 12.8 Å². The molecule has 6 nitrogen and oxygen atoms in total. The maximum Gasteiger partial charge on any atom is 0.219 e. The first-order chi connectivity index (χ1) is 13.4. The lowest BCUT2D eigenvalue weighted by Gasteiger charge is -2.32. The fourth-order valence-electron chi connectivity index (χ4n) is 4.09. The van der Waals surface area contributed by atoms with Gasteiger partial charge in [-0.25, -0.2) is 0 Å². The summed E-state index contributed by atoms with van der Waals surface area (Å²) in [7, 11) is 0. The van der Waals surface area contributed by atoms with Crippen molar-refractivity contribution in [3.05, 3.63) is 41.0 Å². The standard InChI is InChI=1S/C21H23ClN4O2/c1-13-8-17(22)10-19(28)20(13)18-9-16-5-7-26(21(16)24-23-18)12-15-4-3-6-25(11-15)14(2)27/h5,7-10,15,28H,3-4,6,11-12H2,1-2H3. The predicted octanol–water partition coefficient (Wildman–Crippen LogP) is 4.02. The van der Waals surface area contributed by atoms with Crippen molar-refractivity contribution in [2.24, 2.45) is 5.92 Å². The van der Waals surface area contributed by atoms with Crippen LogP contribution in [0.25, 0.3) is 22.3 Å². The van der Waals surface area contributed by atoms with Gasteiger partial charge in [-0.05, 0) is 55.5 Å². The quantitative estimate of drug-likeness (QED) is 0.723. The number of aromatic hydroxyl groups is 1. The van der Waals surface area contributed by atoms with Crippen LogP contribution in [-0.4, -0.2) is 43.8 Å². The van der Waals surface area contributed by atoms with Crippen molar-refractivity contribution in [2.45, 2.75) is 33.2 Å². The Balaban J connectivity index is 1.61. The van der Waals surface area contributed by atoms with E-state index in [1.165, 1.54) is 6.07 Å². The van der Waals surface area contributed by atoms with Gasteiger partial charge in [-0.3, -0.25) is 4.79 Å². The van der Waals surface area contributed by atoms with Gasteiger partial charge in [0.15, 0.2) is 5.65 Å². The SMILES string of the molecule is CC(=O)N1CCCC(Cn2ccc3cc(-c4c(C)cc(Cl)cc4O)nnc32)C1. The molecule has 1 aromatic carbocycles. The van der Waals surface area contributed by atoms with Crippen molar-refractivity contribution in [3.63, 3.8) is 0 Å². The molecule has 1 saturated heterocycles. The molecule has 1 atom stereocenters. The number of piperidine rings is 1. The predicted molar refractivity (Wildman–Crippen MR) is 109 cm³/mol. The van der Waals surface area contributed by atoms with Crippen LogP contribution < -0.4 is 0 Å². The number of halogens is 1. The summed E-state index contributed by atoms with van der Waals surface area (Å²) >= 11 is 6.01. The number of carbonyl (C=O) groups excluding carboxylic acids is 1. The summed E-state index contributed by atoms with van der Waals surface area (Å²) in [6, 6.07) is 7.28. The molecule has 3 heterocycles. The second kappa shape index (κ2) is 7.43. The fraction of sp³-hybridized carbons (Fsp3) is 0.381. The zero-order valence-electron chi connectivity index (χ0n) is 16.0. The van der Waals surface area contributed by atoms with E-state index in [0.29, 0.717) is 22.2 Å². The minimum absolute atomic E-state index is 0.101. The molecule has 0 aliphatic carbocycles. The molecule has 1 aliphatic heterocycles. The van der Waals surface area contributed by atoms with Crippen LogP contribution in [0.2, 0.25) is 5.02 Å². The molecule has 146 valence electrons. The van der Waals surface area contributed by atoms with E-state index >= 15 is 0 Å². The topological polar surface area (TPSA) is 71.2 Å². The first-order valence-electron chi connectivity index (χ1n) is 9.50. The maximum absolute atomic E-state index is 11.7. The van der Waals surface area contributed by atoms with Crippen molar-refractivity contribution < 1.29 is 9.90 Å². The highest BCUT2D eigenvalue weighted by Crippen LogP contribution is 2.34. The number of hydrogen-bond donors (Lipinski definition) is 1. The van der Waals surface area contributed by atoms with Crippen LogP contribution in [0.15, 0.2) is 30.5 Å². The van der Waals surface area contributed by atoms with Gasteiger partial charge in [0.1, 0.15) is 5.75 Å². The number of nitrogens with zero attached hydrogens (tertiary/aromatic N) is 4. The van der Waals surface area contributed by atoms with E-state index in [9.17, 15) is 9.90 Å². The monoisotopic (exact) mass is 398 g/mol. The van der Waals surface area contributed by atoms with E-state index in [1.807, 2.05) is 30.2 Å². The minimum atomic E-state index is 0.101. The van der Waals surface area contributed by atoms with Crippen LogP contribution in [0.1, 0.15) is 25.3 Å². The molecular formula is C21H23ClN4O2. The lowest BCUT2D eigenvalue weighted by Crippen LogP contribution is -2.39. The average Bonchev–Trinajstić information content (AvgIpc) is 3.03. The Morgan fingerprint density at radius 1 is 1.32 bits per heavy atom. The number of likely N-dealkylation sites (tertiary alicyclic amines) is 1. The number of amides is 1. The van der Waals surface area contributed by atoms with Crippen LogP contribution >= 0.6 is 11.6 Å². The van der Waals surface area contributed by atoms with Crippen LogP contribution in [-0.2, 0) is 11.3 Å². The van der Waals surface area contributed by atoms with Crippen LogP contribution in [0.4, 0.5) is 0 Å². The second-order valence-corrected chi connectivity index (χ2v) is 8.00. The van der Waals surface area contributed by atoms with Gasteiger partial charge in [0, 0.05) is 48.7 Å². The fourth-order valence-corrected chi connectivity index (χ4v) is 4.36. The molecule has 4 rings (SSSR count). The highest BCUT2D eigenvalue weighted by atomic mass is 35.5. The number of rotatable bonds is 3. The minimum Gasteiger partial charge on any atom is -0.507 e. The molecule has 1 fully saturated rings. The molecule has 1 unspecified atom stereocenters. The van der Waals surface area contributed by atoms with Gasteiger partial charge in [-0.15, -0.1) is 10.2 Å². The molecule has 28 heavy (non-hydrogen) atoms. The smallest absolute Gasteiger partial charge is 0.219 e. The van der Waals surface area contributed by atoms with Gasteiger partial charge in [0.05, 0.1) is 5.69 Å². The van der Waals surface area contributed by atoms with Gasteiger partial charge in [-0.2, -0.15) is 0 Å².